The van der Waals surface area contributed by atoms with E-state index in [0.717, 1.165) is 24.0 Å². The van der Waals surface area contributed by atoms with Gasteiger partial charge in [0.2, 0.25) is 0 Å². The molecule has 0 N–H and O–H groups in total. The molecule has 0 radical (unpaired) electrons. The summed E-state index contributed by atoms with van der Waals surface area (Å²) in [6, 6.07) is 18.7. The lowest BCUT2D eigenvalue weighted by Crippen LogP contribution is -1.93. The molecule has 222 valence electrons. The highest BCUT2D eigenvalue weighted by atomic mass is 19.1. The first-order valence-corrected chi connectivity index (χ1v) is 16.3. The summed E-state index contributed by atoms with van der Waals surface area (Å²) in [6.45, 7) is 4.48. The van der Waals surface area contributed by atoms with E-state index in [1.54, 1.807) is 0 Å². The van der Waals surface area contributed by atoms with Crippen LogP contribution in [0.1, 0.15) is 137 Å². The van der Waals surface area contributed by atoms with Crippen molar-refractivity contribution >= 4 is 0 Å². The van der Waals surface area contributed by atoms with E-state index in [0.29, 0.717) is 5.56 Å². The number of hydrogen-bond donors (Lipinski definition) is 0. The second-order valence-corrected chi connectivity index (χ2v) is 11.5. The first-order chi connectivity index (χ1) is 20.6. The number of unbranched alkanes of at least 4 members (excludes halogenated alkanes) is 12. The normalized spacial score (nSPS) is 10.6. The number of halogens is 2. The summed E-state index contributed by atoms with van der Waals surface area (Å²) in [5.74, 6) is 10.2. The van der Waals surface area contributed by atoms with Gasteiger partial charge in [-0.1, -0.05) is 139 Å². The van der Waals surface area contributed by atoms with Crippen molar-refractivity contribution in [2.45, 2.75) is 117 Å². The highest BCUT2D eigenvalue weighted by Gasteiger charge is 2.08. The molecule has 3 aromatic rings. The zero-order valence-corrected chi connectivity index (χ0v) is 25.8. The molecule has 0 aliphatic rings. The van der Waals surface area contributed by atoms with E-state index in [9.17, 15) is 8.78 Å². The van der Waals surface area contributed by atoms with E-state index >= 15 is 0 Å². The second kappa shape index (κ2) is 19.7. The van der Waals surface area contributed by atoms with Gasteiger partial charge in [0.1, 0.15) is 11.6 Å². The summed E-state index contributed by atoms with van der Waals surface area (Å²) in [5.41, 5.74) is 4.24. The molecule has 0 nitrogen and oxygen atoms in total. The third-order valence-electron chi connectivity index (χ3n) is 7.77. The van der Waals surface area contributed by atoms with Crippen LogP contribution in [-0.4, -0.2) is 0 Å². The average Bonchev–Trinajstić information content (AvgIpc) is 3.00. The molecule has 0 fully saturated rings. The van der Waals surface area contributed by atoms with E-state index in [-0.39, 0.29) is 5.56 Å². The van der Waals surface area contributed by atoms with Crippen LogP contribution in [0.3, 0.4) is 0 Å². The van der Waals surface area contributed by atoms with Crippen LogP contribution in [0.25, 0.3) is 0 Å². The van der Waals surface area contributed by atoms with Crippen molar-refractivity contribution < 1.29 is 8.78 Å². The van der Waals surface area contributed by atoms with Gasteiger partial charge in [-0.15, -0.1) is 0 Å². The fourth-order valence-electron chi connectivity index (χ4n) is 5.13. The Morgan fingerprint density at radius 2 is 0.786 bits per heavy atom. The lowest BCUT2D eigenvalue weighted by Gasteiger charge is -2.03. The Balaban J connectivity index is 1.48. The van der Waals surface area contributed by atoms with Crippen LogP contribution in [0.2, 0.25) is 0 Å². The van der Waals surface area contributed by atoms with Crippen LogP contribution >= 0.6 is 0 Å². The van der Waals surface area contributed by atoms with Crippen LogP contribution in [0.5, 0.6) is 0 Å². The van der Waals surface area contributed by atoms with Gasteiger partial charge in [0.25, 0.3) is 0 Å². The average molecular weight is 567 g/mol. The molecule has 0 aliphatic heterocycles. The minimum atomic E-state index is -0.688. The Kier molecular flexibility index (Phi) is 15.6. The van der Waals surface area contributed by atoms with Crippen molar-refractivity contribution in [3.05, 3.63) is 106 Å². The third-order valence-corrected chi connectivity index (χ3v) is 7.77. The van der Waals surface area contributed by atoms with Crippen molar-refractivity contribution in [1.29, 1.82) is 0 Å². The van der Waals surface area contributed by atoms with Crippen LogP contribution in [-0.2, 0) is 12.8 Å². The van der Waals surface area contributed by atoms with Crippen molar-refractivity contribution in [2.75, 3.05) is 0 Å². The van der Waals surface area contributed by atoms with Gasteiger partial charge >= 0.3 is 0 Å². The lowest BCUT2D eigenvalue weighted by atomic mass is 10.0. The molecule has 2 heteroatoms. The molecule has 0 spiro atoms. The van der Waals surface area contributed by atoms with E-state index in [1.807, 2.05) is 24.3 Å². The minimum absolute atomic E-state index is 0.220. The minimum Gasteiger partial charge on any atom is -0.205 e. The molecule has 42 heavy (non-hydrogen) atoms. The summed E-state index contributed by atoms with van der Waals surface area (Å²) in [4.78, 5) is 0. The van der Waals surface area contributed by atoms with E-state index in [4.69, 9.17) is 0 Å². The molecular formula is C40H48F2. The number of rotatable bonds is 16. The monoisotopic (exact) mass is 566 g/mol. The molecule has 0 saturated carbocycles. The maximum Gasteiger partial charge on any atom is 0.143 e. The van der Waals surface area contributed by atoms with Crippen molar-refractivity contribution in [1.82, 2.24) is 0 Å². The Labute approximate surface area is 254 Å². The SMILES string of the molecule is CCCCCCCCCCc1ccc(C#Cc2cc(F)c(C#Cc3ccc(CCCCCCCC)cc3)c(F)c2)cc1. The van der Waals surface area contributed by atoms with Gasteiger partial charge < -0.3 is 0 Å². The van der Waals surface area contributed by atoms with E-state index < -0.39 is 11.6 Å². The molecule has 3 rings (SSSR count). The fourth-order valence-corrected chi connectivity index (χ4v) is 5.13. The van der Waals surface area contributed by atoms with Crippen molar-refractivity contribution in [3.63, 3.8) is 0 Å². The maximum atomic E-state index is 14.7. The summed E-state index contributed by atoms with van der Waals surface area (Å²) in [6.07, 6.45) is 20.3. The molecule has 0 atom stereocenters. The number of benzene rings is 3. The third kappa shape index (κ3) is 12.7. The van der Waals surface area contributed by atoms with Crippen molar-refractivity contribution in [3.8, 4) is 23.7 Å². The summed E-state index contributed by atoms with van der Waals surface area (Å²) < 4.78 is 29.5. The molecular weight excluding hydrogens is 518 g/mol. The topological polar surface area (TPSA) is 0 Å². The molecule has 0 aromatic heterocycles. The highest BCUT2D eigenvalue weighted by molar-refractivity contribution is 5.49. The summed E-state index contributed by atoms with van der Waals surface area (Å²) in [7, 11) is 0. The highest BCUT2D eigenvalue weighted by Crippen LogP contribution is 2.16. The standard InChI is InChI=1S/C40H48F2/c1-3-5-7-9-11-12-14-16-18-33-19-23-35(24-20-33)27-28-37-31-39(41)38(40(42)32-37)30-29-36-25-21-34(22-26-36)17-15-13-10-8-6-4-2/h19-26,31-32H,3-18H2,1-2H3. The number of hydrogen-bond acceptors (Lipinski definition) is 0. The van der Waals surface area contributed by atoms with Crippen LogP contribution in [0, 0.1) is 35.3 Å². The van der Waals surface area contributed by atoms with Gasteiger partial charge in [-0.3, -0.25) is 0 Å². The first-order valence-electron chi connectivity index (χ1n) is 16.3. The predicted octanol–water partition coefficient (Wildman–Crippen LogP) is 11.4. The van der Waals surface area contributed by atoms with Gasteiger partial charge in [-0.05, 0) is 73.2 Å². The summed E-state index contributed by atoms with van der Waals surface area (Å²) in [5, 5.41) is 0. The second-order valence-electron chi connectivity index (χ2n) is 11.5. The molecule has 3 aromatic carbocycles. The van der Waals surface area contributed by atoms with Crippen LogP contribution < -0.4 is 0 Å². The molecule has 0 aliphatic carbocycles. The molecule has 0 bridgehead atoms. The zero-order chi connectivity index (χ0) is 29.8. The Bertz CT molecular complexity index is 1290. The van der Waals surface area contributed by atoms with Gasteiger partial charge in [-0.2, -0.15) is 0 Å². The van der Waals surface area contributed by atoms with Gasteiger partial charge in [0.15, 0.2) is 0 Å². The molecule has 0 saturated heterocycles. The molecule has 0 unspecified atom stereocenters. The van der Waals surface area contributed by atoms with Gasteiger partial charge in [0.05, 0.1) is 5.56 Å². The number of aryl methyl sites for hydroxylation is 2. The summed E-state index contributed by atoms with van der Waals surface area (Å²) >= 11 is 0. The lowest BCUT2D eigenvalue weighted by molar-refractivity contribution is 0.575. The Morgan fingerprint density at radius 3 is 1.21 bits per heavy atom. The Hall–Kier alpha value is -3.36. The van der Waals surface area contributed by atoms with Gasteiger partial charge in [0, 0.05) is 16.7 Å². The van der Waals surface area contributed by atoms with Crippen molar-refractivity contribution in [2.24, 2.45) is 0 Å². The fraction of sp³-hybridized carbons (Fsp3) is 0.450. The Morgan fingerprint density at radius 1 is 0.429 bits per heavy atom. The first kappa shape index (κ1) is 33.1. The quantitative estimate of drug-likeness (QED) is 0.119. The van der Waals surface area contributed by atoms with E-state index in [1.165, 1.54) is 113 Å². The van der Waals surface area contributed by atoms with Crippen LogP contribution in [0.15, 0.2) is 60.7 Å². The zero-order valence-electron chi connectivity index (χ0n) is 25.8. The van der Waals surface area contributed by atoms with Gasteiger partial charge in [-0.25, -0.2) is 8.78 Å². The van der Waals surface area contributed by atoms with E-state index in [2.05, 4.69) is 61.8 Å². The largest absolute Gasteiger partial charge is 0.205 e. The molecule has 0 heterocycles. The smallest absolute Gasteiger partial charge is 0.143 e. The van der Waals surface area contributed by atoms with Crippen LogP contribution in [0.4, 0.5) is 8.78 Å². The predicted molar refractivity (Wildman–Crippen MR) is 175 cm³/mol. The molecule has 0 amide bonds. The maximum absolute atomic E-state index is 14.7.